The van der Waals surface area contributed by atoms with Gasteiger partial charge in [0, 0.05) is 12.6 Å². The van der Waals surface area contributed by atoms with Crippen LogP contribution in [0.15, 0.2) is 0 Å². The SMILES string of the molecule is OC1(CNC2CCCC2)CCCCC1. The first kappa shape index (κ1) is 10.4. The van der Waals surface area contributed by atoms with Crippen molar-refractivity contribution in [3.8, 4) is 0 Å². The smallest absolute Gasteiger partial charge is 0.0771 e. The Morgan fingerprint density at radius 3 is 2.29 bits per heavy atom. The van der Waals surface area contributed by atoms with E-state index in [1.807, 2.05) is 0 Å². The van der Waals surface area contributed by atoms with Crippen LogP contribution in [0.3, 0.4) is 0 Å². The van der Waals surface area contributed by atoms with Gasteiger partial charge in [0.25, 0.3) is 0 Å². The molecule has 2 nitrogen and oxygen atoms in total. The summed E-state index contributed by atoms with van der Waals surface area (Å²) in [6, 6.07) is 0.695. The fraction of sp³-hybridized carbons (Fsp3) is 1.00. The second kappa shape index (κ2) is 4.63. The van der Waals surface area contributed by atoms with Gasteiger partial charge in [-0.15, -0.1) is 0 Å². The third-order valence-electron chi connectivity index (χ3n) is 3.86. The Morgan fingerprint density at radius 2 is 1.64 bits per heavy atom. The molecule has 0 aromatic heterocycles. The third kappa shape index (κ3) is 2.71. The third-order valence-corrected chi connectivity index (χ3v) is 3.86. The quantitative estimate of drug-likeness (QED) is 0.727. The summed E-state index contributed by atoms with van der Waals surface area (Å²) in [5, 5.41) is 13.8. The highest BCUT2D eigenvalue weighted by Crippen LogP contribution is 2.28. The van der Waals surface area contributed by atoms with E-state index < -0.39 is 0 Å². The van der Waals surface area contributed by atoms with Gasteiger partial charge in [-0.25, -0.2) is 0 Å². The summed E-state index contributed by atoms with van der Waals surface area (Å²) in [5.74, 6) is 0. The lowest BCUT2D eigenvalue weighted by molar-refractivity contribution is 0.00280. The maximum Gasteiger partial charge on any atom is 0.0771 e. The fourth-order valence-corrected chi connectivity index (χ4v) is 2.85. The molecule has 2 N–H and O–H groups in total. The molecule has 14 heavy (non-hydrogen) atoms. The van der Waals surface area contributed by atoms with E-state index in [1.165, 1.54) is 44.9 Å². The minimum Gasteiger partial charge on any atom is -0.389 e. The van der Waals surface area contributed by atoms with Gasteiger partial charge < -0.3 is 10.4 Å². The zero-order chi connectivity index (χ0) is 9.86. The van der Waals surface area contributed by atoms with Crippen LogP contribution in [0, 0.1) is 0 Å². The second-order valence-electron chi connectivity index (χ2n) is 5.15. The first-order valence-electron chi connectivity index (χ1n) is 6.24. The van der Waals surface area contributed by atoms with E-state index in [9.17, 15) is 5.11 Å². The lowest BCUT2D eigenvalue weighted by Crippen LogP contribution is -2.45. The van der Waals surface area contributed by atoms with Gasteiger partial charge in [-0.05, 0) is 25.7 Å². The molecular weight excluding hydrogens is 174 g/mol. The molecular formula is C12H23NO. The van der Waals surface area contributed by atoms with E-state index in [-0.39, 0.29) is 5.60 Å². The van der Waals surface area contributed by atoms with E-state index in [0.29, 0.717) is 6.04 Å². The zero-order valence-corrected chi connectivity index (χ0v) is 9.10. The van der Waals surface area contributed by atoms with Crippen molar-refractivity contribution in [2.75, 3.05) is 6.54 Å². The highest BCUT2D eigenvalue weighted by atomic mass is 16.3. The molecule has 82 valence electrons. The van der Waals surface area contributed by atoms with Crippen LogP contribution in [0.5, 0.6) is 0 Å². The molecule has 0 aliphatic heterocycles. The van der Waals surface area contributed by atoms with Crippen LogP contribution < -0.4 is 5.32 Å². The summed E-state index contributed by atoms with van der Waals surface area (Å²) in [6.07, 6.45) is 11.1. The van der Waals surface area contributed by atoms with Crippen molar-refractivity contribution in [1.82, 2.24) is 5.32 Å². The minimum absolute atomic E-state index is 0.374. The van der Waals surface area contributed by atoms with Crippen LogP contribution in [0.25, 0.3) is 0 Å². The second-order valence-corrected chi connectivity index (χ2v) is 5.15. The van der Waals surface area contributed by atoms with Gasteiger partial charge in [-0.2, -0.15) is 0 Å². The number of rotatable bonds is 3. The summed E-state index contributed by atoms with van der Waals surface area (Å²) in [4.78, 5) is 0. The van der Waals surface area contributed by atoms with Crippen LogP contribution in [0.1, 0.15) is 57.8 Å². The Morgan fingerprint density at radius 1 is 1.00 bits per heavy atom. The number of nitrogens with one attached hydrogen (secondary N) is 1. The molecule has 0 amide bonds. The van der Waals surface area contributed by atoms with Crippen molar-refractivity contribution < 1.29 is 5.11 Å². The predicted molar refractivity (Wildman–Crippen MR) is 58.3 cm³/mol. The Kier molecular flexibility index (Phi) is 3.45. The average Bonchev–Trinajstić information content (AvgIpc) is 2.69. The molecule has 0 spiro atoms. The Balaban J connectivity index is 1.72. The van der Waals surface area contributed by atoms with Crippen molar-refractivity contribution in [2.45, 2.75) is 69.4 Å². The van der Waals surface area contributed by atoms with Gasteiger partial charge in [0.2, 0.25) is 0 Å². The van der Waals surface area contributed by atoms with Gasteiger partial charge in [0.1, 0.15) is 0 Å². The van der Waals surface area contributed by atoms with Crippen LogP contribution >= 0.6 is 0 Å². The Hall–Kier alpha value is -0.0800. The van der Waals surface area contributed by atoms with Gasteiger partial charge in [-0.1, -0.05) is 32.1 Å². The summed E-state index contributed by atoms with van der Waals surface area (Å²) in [6.45, 7) is 0.831. The summed E-state index contributed by atoms with van der Waals surface area (Å²) >= 11 is 0. The van der Waals surface area contributed by atoms with E-state index in [0.717, 1.165) is 19.4 Å². The molecule has 0 heterocycles. The van der Waals surface area contributed by atoms with Crippen LogP contribution in [0.2, 0.25) is 0 Å². The largest absolute Gasteiger partial charge is 0.389 e. The monoisotopic (exact) mass is 197 g/mol. The molecule has 0 unspecified atom stereocenters. The van der Waals surface area contributed by atoms with Crippen LogP contribution in [-0.4, -0.2) is 23.3 Å². The lowest BCUT2D eigenvalue weighted by atomic mass is 9.85. The molecule has 0 aromatic rings. The molecule has 0 saturated heterocycles. The molecule has 2 rings (SSSR count). The summed E-state index contributed by atoms with van der Waals surface area (Å²) in [7, 11) is 0. The number of hydrogen-bond acceptors (Lipinski definition) is 2. The highest BCUT2D eigenvalue weighted by Gasteiger charge is 2.29. The topological polar surface area (TPSA) is 32.3 Å². The van der Waals surface area contributed by atoms with Crippen molar-refractivity contribution in [2.24, 2.45) is 0 Å². The zero-order valence-electron chi connectivity index (χ0n) is 9.10. The van der Waals surface area contributed by atoms with E-state index in [4.69, 9.17) is 0 Å². The normalized spacial score (nSPS) is 28.1. The van der Waals surface area contributed by atoms with Crippen molar-refractivity contribution >= 4 is 0 Å². The standard InChI is InChI=1S/C12H23NO/c14-12(8-4-1-5-9-12)10-13-11-6-2-3-7-11/h11,13-14H,1-10H2. The maximum absolute atomic E-state index is 10.3. The molecule has 0 atom stereocenters. The number of hydrogen-bond donors (Lipinski definition) is 2. The Labute approximate surface area is 87.1 Å². The predicted octanol–water partition coefficient (Wildman–Crippen LogP) is 2.21. The highest BCUT2D eigenvalue weighted by molar-refractivity contribution is 4.86. The van der Waals surface area contributed by atoms with Gasteiger partial charge in [-0.3, -0.25) is 0 Å². The maximum atomic E-state index is 10.3. The van der Waals surface area contributed by atoms with Crippen molar-refractivity contribution in [3.05, 3.63) is 0 Å². The minimum atomic E-state index is -0.374. The van der Waals surface area contributed by atoms with Crippen LogP contribution in [0.4, 0.5) is 0 Å². The molecule has 0 bridgehead atoms. The van der Waals surface area contributed by atoms with E-state index in [2.05, 4.69) is 5.32 Å². The van der Waals surface area contributed by atoms with Crippen molar-refractivity contribution in [3.63, 3.8) is 0 Å². The van der Waals surface area contributed by atoms with Crippen LogP contribution in [-0.2, 0) is 0 Å². The van der Waals surface area contributed by atoms with Gasteiger partial charge in [0.05, 0.1) is 5.60 Å². The van der Waals surface area contributed by atoms with Gasteiger partial charge in [0.15, 0.2) is 0 Å². The van der Waals surface area contributed by atoms with Gasteiger partial charge >= 0.3 is 0 Å². The summed E-state index contributed by atoms with van der Waals surface area (Å²) < 4.78 is 0. The molecule has 2 aliphatic carbocycles. The molecule has 0 radical (unpaired) electrons. The number of aliphatic hydroxyl groups is 1. The fourth-order valence-electron chi connectivity index (χ4n) is 2.85. The molecule has 2 aliphatic rings. The first-order valence-corrected chi connectivity index (χ1v) is 6.24. The Bertz CT molecular complexity index is 169. The molecule has 0 aromatic carbocycles. The first-order chi connectivity index (χ1) is 6.79. The average molecular weight is 197 g/mol. The lowest BCUT2D eigenvalue weighted by Gasteiger charge is -2.33. The van der Waals surface area contributed by atoms with Crippen molar-refractivity contribution in [1.29, 1.82) is 0 Å². The molecule has 2 saturated carbocycles. The summed E-state index contributed by atoms with van der Waals surface area (Å²) in [5.41, 5.74) is -0.374. The van der Waals surface area contributed by atoms with E-state index >= 15 is 0 Å². The van der Waals surface area contributed by atoms with E-state index in [1.54, 1.807) is 0 Å². The molecule has 2 fully saturated rings. The molecule has 2 heteroatoms.